The van der Waals surface area contributed by atoms with E-state index in [0.717, 1.165) is 11.8 Å². The molecule has 6 nitrogen and oxygen atoms in total. The average molecular weight is 458 g/mol. The maximum Gasteiger partial charge on any atom is 0.251 e. The minimum absolute atomic E-state index is 0.102. The number of anilines is 1. The van der Waals surface area contributed by atoms with Crippen LogP contribution in [0, 0.1) is 11.3 Å². The number of aldehydes is 1. The Balaban J connectivity index is 1.65. The molecule has 0 aliphatic carbocycles. The van der Waals surface area contributed by atoms with Crippen molar-refractivity contribution in [2.24, 2.45) is 11.3 Å². The minimum atomic E-state index is -0.969. The van der Waals surface area contributed by atoms with Gasteiger partial charge in [0.15, 0.2) is 0 Å². The number of carbonyl (C=O) groups is 2. The summed E-state index contributed by atoms with van der Waals surface area (Å²) in [7, 11) is 0. The largest absolute Gasteiger partial charge is 0.399 e. The zero-order chi connectivity index (χ0) is 23.5. The highest BCUT2D eigenvalue weighted by Gasteiger charge is 2.48. The van der Waals surface area contributed by atoms with Crippen LogP contribution in [0.15, 0.2) is 48.5 Å². The van der Waals surface area contributed by atoms with Crippen LogP contribution in [0.3, 0.4) is 0 Å². The molecule has 0 saturated carbocycles. The molecule has 0 aromatic heterocycles. The summed E-state index contributed by atoms with van der Waals surface area (Å²) in [5.41, 5.74) is 6.16. The molecule has 4 N–H and O–H groups in total. The topological polar surface area (TPSA) is 95.7 Å². The summed E-state index contributed by atoms with van der Waals surface area (Å²) < 4.78 is 0. The quantitative estimate of drug-likeness (QED) is 0.437. The number of likely N-dealkylation sites (tertiary alicyclic amines) is 1. The first kappa shape index (κ1) is 24.2. The van der Waals surface area contributed by atoms with E-state index in [9.17, 15) is 14.7 Å². The molecule has 1 amide bonds. The second-order valence-electron chi connectivity index (χ2n) is 9.47. The average Bonchev–Trinajstić information content (AvgIpc) is 2.74. The molecule has 1 fully saturated rings. The van der Waals surface area contributed by atoms with Gasteiger partial charge >= 0.3 is 0 Å². The number of carbonyl (C=O) groups excluding carboxylic acids is 2. The predicted octanol–water partition coefficient (Wildman–Crippen LogP) is 3.48. The molecule has 1 aliphatic rings. The van der Waals surface area contributed by atoms with Gasteiger partial charge in [-0.25, -0.2) is 0 Å². The third-order valence-electron chi connectivity index (χ3n) is 6.60. The van der Waals surface area contributed by atoms with Gasteiger partial charge in [-0.2, -0.15) is 0 Å². The summed E-state index contributed by atoms with van der Waals surface area (Å²) in [4.78, 5) is 26.6. The van der Waals surface area contributed by atoms with Crippen LogP contribution in [0.5, 0.6) is 0 Å². The normalized spacial score (nSPS) is 22.7. The van der Waals surface area contributed by atoms with Crippen molar-refractivity contribution < 1.29 is 14.7 Å². The van der Waals surface area contributed by atoms with Gasteiger partial charge in [0.1, 0.15) is 6.29 Å². The van der Waals surface area contributed by atoms with E-state index in [1.807, 2.05) is 19.1 Å². The van der Waals surface area contributed by atoms with Gasteiger partial charge in [-0.15, -0.1) is 0 Å². The maximum atomic E-state index is 12.6. The highest BCUT2D eigenvalue weighted by atomic mass is 35.5. The van der Waals surface area contributed by atoms with Crippen LogP contribution in [0.2, 0.25) is 5.02 Å². The number of hydrogen-bond acceptors (Lipinski definition) is 5. The molecule has 32 heavy (non-hydrogen) atoms. The second-order valence-corrected chi connectivity index (χ2v) is 9.91. The third-order valence-corrected chi connectivity index (χ3v) is 6.85. The fourth-order valence-corrected chi connectivity index (χ4v) is 4.72. The van der Waals surface area contributed by atoms with Crippen molar-refractivity contribution in [3.63, 3.8) is 0 Å². The number of benzene rings is 2. The molecule has 3 atom stereocenters. The lowest BCUT2D eigenvalue weighted by Crippen LogP contribution is -2.57. The first-order chi connectivity index (χ1) is 15.1. The van der Waals surface area contributed by atoms with Crippen molar-refractivity contribution in [1.82, 2.24) is 10.2 Å². The van der Waals surface area contributed by atoms with Crippen molar-refractivity contribution in [2.45, 2.75) is 38.8 Å². The summed E-state index contributed by atoms with van der Waals surface area (Å²) in [6, 6.07) is 13.4. The van der Waals surface area contributed by atoms with Gasteiger partial charge in [0, 0.05) is 41.3 Å². The number of aliphatic hydroxyl groups is 1. The van der Waals surface area contributed by atoms with Gasteiger partial charge in [-0.05, 0) is 48.2 Å². The van der Waals surface area contributed by atoms with Gasteiger partial charge < -0.3 is 25.9 Å². The number of rotatable bonds is 7. The zero-order valence-electron chi connectivity index (χ0n) is 18.8. The number of nitrogens with zero attached hydrogens (tertiary/aromatic N) is 1. The molecule has 0 bridgehead atoms. The lowest BCUT2D eigenvalue weighted by Gasteiger charge is -2.51. The van der Waals surface area contributed by atoms with Crippen LogP contribution in [-0.4, -0.2) is 47.9 Å². The first-order valence-corrected chi connectivity index (χ1v) is 11.3. The van der Waals surface area contributed by atoms with Crippen LogP contribution in [0.4, 0.5) is 5.69 Å². The van der Waals surface area contributed by atoms with E-state index in [-0.39, 0.29) is 11.8 Å². The monoisotopic (exact) mass is 457 g/mol. The molecule has 0 radical (unpaired) electrons. The Morgan fingerprint density at radius 1 is 1.28 bits per heavy atom. The summed E-state index contributed by atoms with van der Waals surface area (Å²) in [5.74, 6) is -0.424. The van der Waals surface area contributed by atoms with Gasteiger partial charge in [0.25, 0.3) is 5.91 Å². The fraction of sp³-hybridized carbons (Fsp3) is 0.440. The van der Waals surface area contributed by atoms with Crippen LogP contribution in [-0.2, 0) is 10.4 Å². The smallest absolute Gasteiger partial charge is 0.251 e. The summed E-state index contributed by atoms with van der Waals surface area (Å²) in [5, 5.41) is 15.0. The first-order valence-electron chi connectivity index (χ1n) is 10.9. The number of hydrogen-bond donors (Lipinski definition) is 3. The molecule has 1 heterocycles. The minimum Gasteiger partial charge on any atom is -0.399 e. The standard InChI is InChI=1S/C25H32ClN3O3/c1-17(22(15-30)28-23(31)18-5-4-6-21(27)13-18)14-29-12-11-25(32,24(2,3)16-29)19-7-9-20(26)10-8-19/h4-10,13,15,17,22,32H,11-12,14,16,27H2,1-3H3,(H,28,31)/t17-,22?,25-/m0/s1. The lowest BCUT2D eigenvalue weighted by atomic mass is 9.66. The van der Waals surface area contributed by atoms with Gasteiger partial charge in [0.05, 0.1) is 11.6 Å². The Morgan fingerprint density at radius 3 is 2.56 bits per heavy atom. The predicted molar refractivity (Wildman–Crippen MR) is 128 cm³/mol. The van der Waals surface area contributed by atoms with E-state index < -0.39 is 17.1 Å². The molecule has 1 saturated heterocycles. The van der Waals surface area contributed by atoms with E-state index in [1.54, 1.807) is 36.4 Å². The van der Waals surface area contributed by atoms with Crippen molar-refractivity contribution in [2.75, 3.05) is 25.4 Å². The van der Waals surface area contributed by atoms with Gasteiger partial charge in [0.2, 0.25) is 0 Å². The highest BCUT2D eigenvalue weighted by molar-refractivity contribution is 6.30. The van der Waals surface area contributed by atoms with E-state index in [2.05, 4.69) is 24.1 Å². The second kappa shape index (κ2) is 9.61. The molecule has 1 aliphatic heterocycles. The number of nitrogens with two attached hydrogens (primary N) is 1. The Labute approximate surface area is 194 Å². The van der Waals surface area contributed by atoms with Crippen molar-refractivity contribution >= 4 is 29.5 Å². The number of nitrogen functional groups attached to an aromatic ring is 1. The van der Waals surface area contributed by atoms with Crippen LogP contribution in [0.25, 0.3) is 0 Å². The fourth-order valence-electron chi connectivity index (χ4n) is 4.59. The van der Waals surface area contributed by atoms with Gasteiger partial charge in [-0.3, -0.25) is 4.79 Å². The molecule has 1 unspecified atom stereocenters. The molecular formula is C25H32ClN3O3. The SMILES string of the molecule is C[C@@H](CN1CC[C@](O)(c2ccc(Cl)cc2)C(C)(C)C1)C(C=O)NC(=O)c1cccc(N)c1. The molecular weight excluding hydrogens is 426 g/mol. The number of halogens is 1. The number of piperidine rings is 1. The maximum absolute atomic E-state index is 12.6. The van der Waals surface area contributed by atoms with E-state index in [1.165, 1.54) is 0 Å². The lowest BCUT2D eigenvalue weighted by molar-refractivity contribution is -0.128. The van der Waals surface area contributed by atoms with E-state index in [0.29, 0.717) is 42.3 Å². The molecule has 7 heteroatoms. The van der Waals surface area contributed by atoms with Crippen LogP contribution in [0.1, 0.15) is 43.1 Å². The van der Waals surface area contributed by atoms with Crippen molar-refractivity contribution in [1.29, 1.82) is 0 Å². The summed E-state index contributed by atoms with van der Waals surface area (Å²) in [6.07, 6.45) is 1.35. The number of amides is 1. The molecule has 3 rings (SSSR count). The summed E-state index contributed by atoms with van der Waals surface area (Å²) >= 11 is 6.02. The zero-order valence-corrected chi connectivity index (χ0v) is 19.6. The van der Waals surface area contributed by atoms with Crippen molar-refractivity contribution in [3.8, 4) is 0 Å². The number of nitrogens with one attached hydrogen (secondary N) is 1. The molecule has 0 spiro atoms. The Hall–Kier alpha value is -2.41. The summed E-state index contributed by atoms with van der Waals surface area (Å²) in [6.45, 7) is 8.02. The molecule has 2 aromatic carbocycles. The Kier molecular flexibility index (Phi) is 7.28. The van der Waals surface area contributed by atoms with E-state index in [4.69, 9.17) is 17.3 Å². The van der Waals surface area contributed by atoms with Crippen LogP contribution >= 0.6 is 11.6 Å². The highest BCUT2D eigenvalue weighted by Crippen LogP contribution is 2.46. The Morgan fingerprint density at radius 2 is 1.97 bits per heavy atom. The third kappa shape index (κ3) is 5.14. The van der Waals surface area contributed by atoms with Gasteiger partial charge in [-0.1, -0.05) is 50.6 Å². The Bertz CT molecular complexity index is 963. The van der Waals surface area contributed by atoms with E-state index >= 15 is 0 Å². The molecule has 2 aromatic rings. The van der Waals surface area contributed by atoms with Crippen molar-refractivity contribution in [3.05, 3.63) is 64.7 Å². The molecule has 172 valence electrons. The van der Waals surface area contributed by atoms with Crippen LogP contribution < -0.4 is 11.1 Å².